The van der Waals surface area contributed by atoms with Crippen molar-refractivity contribution < 1.29 is 24.5 Å². The summed E-state index contributed by atoms with van der Waals surface area (Å²) in [6.07, 6.45) is 9.15. The molecular weight excluding hydrogens is 1010 g/mol. The Kier molecular flexibility index (Phi) is 14.1. The van der Waals surface area contributed by atoms with E-state index in [9.17, 15) is 0 Å². The number of rotatable bonds is 13. The topological polar surface area (TPSA) is 38.7 Å². The van der Waals surface area contributed by atoms with Crippen LogP contribution in [0, 0.1) is 37.9 Å². The summed E-state index contributed by atoms with van der Waals surface area (Å²) in [7, 11) is 0. The van der Waals surface area contributed by atoms with Gasteiger partial charge in [-0.3, -0.25) is 0 Å². The molecule has 0 saturated carbocycles. The molecule has 0 spiro atoms. The maximum absolute atomic E-state index is 15.8. The standard InChI is InChI=1S/C63H47FN3.Ir/c1-43-33-61(50-17-9-4-10-18-50)65-40-53(43)25-23-45-35-46(24-26-54-41-66-62(34-44(54)2)51-19-11-5-12-20-51)37-55(36-45)58-38-56(64)31-32-57(58)60-42-67-63(52-21-13-6-14-22-52)39-59(60)49-29-27-48(28-30-49)47-15-7-3-8-16-47;/h3-17,19,21,27-42H,23-26H2,1-2H3;/q-3;+3. The van der Waals surface area contributed by atoms with E-state index in [4.69, 9.17) is 15.0 Å². The second kappa shape index (κ2) is 21.0. The minimum atomic E-state index is -0.294. The van der Waals surface area contributed by atoms with Crippen molar-refractivity contribution >= 4 is 0 Å². The quantitative estimate of drug-likeness (QED) is 0.108. The molecule has 3 nitrogen and oxygen atoms in total. The third-order valence-electron chi connectivity index (χ3n) is 12.6. The van der Waals surface area contributed by atoms with E-state index in [1.165, 1.54) is 33.4 Å². The van der Waals surface area contributed by atoms with Crippen LogP contribution in [0.15, 0.2) is 201 Å². The molecule has 5 heteroatoms. The molecule has 10 aromatic rings. The molecule has 0 N–H and O–H groups in total. The molecule has 0 aliphatic heterocycles. The Balaban J connectivity index is 0.00000578. The minimum absolute atomic E-state index is 0. The average Bonchev–Trinajstić information content (AvgIpc) is 3.39. The molecular formula is C63H47FIrN3. The van der Waals surface area contributed by atoms with Crippen molar-refractivity contribution in [2.75, 3.05) is 0 Å². The number of benzene rings is 7. The molecule has 0 bridgehead atoms. The summed E-state index contributed by atoms with van der Waals surface area (Å²) >= 11 is 0. The van der Waals surface area contributed by atoms with Gasteiger partial charge in [0.05, 0.1) is 0 Å². The number of nitrogens with zero attached hydrogens (tertiary/aromatic N) is 3. The smallest absolute Gasteiger partial charge is 0.304 e. The number of hydrogen-bond acceptors (Lipinski definition) is 3. The van der Waals surface area contributed by atoms with Gasteiger partial charge in [-0.05, 0) is 130 Å². The first-order chi connectivity index (χ1) is 32.9. The predicted molar refractivity (Wildman–Crippen MR) is 272 cm³/mol. The molecule has 0 aliphatic carbocycles. The first-order valence-electron chi connectivity index (χ1n) is 22.8. The van der Waals surface area contributed by atoms with Crippen LogP contribution in [0.1, 0.15) is 33.4 Å². The first-order valence-corrected chi connectivity index (χ1v) is 22.8. The van der Waals surface area contributed by atoms with Crippen LogP contribution in [-0.2, 0) is 45.8 Å². The number of aromatic nitrogens is 3. The first kappa shape index (κ1) is 45.7. The number of aryl methyl sites for hydroxylation is 6. The van der Waals surface area contributed by atoms with E-state index in [0.717, 1.165) is 104 Å². The normalized spacial score (nSPS) is 11.0. The maximum Gasteiger partial charge on any atom is 3.00 e. The molecule has 3 aromatic heterocycles. The third kappa shape index (κ3) is 10.4. The Labute approximate surface area is 412 Å². The average molecular weight is 1060 g/mol. The molecule has 0 amide bonds. The minimum Gasteiger partial charge on any atom is -0.304 e. The predicted octanol–water partition coefficient (Wildman–Crippen LogP) is 15.3. The molecule has 10 rings (SSSR count). The molecule has 330 valence electrons. The van der Waals surface area contributed by atoms with Crippen molar-refractivity contribution in [1.82, 2.24) is 15.0 Å². The fourth-order valence-corrected chi connectivity index (χ4v) is 8.93. The molecule has 68 heavy (non-hydrogen) atoms. The van der Waals surface area contributed by atoms with E-state index in [1.54, 1.807) is 12.1 Å². The van der Waals surface area contributed by atoms with Crippen LogP contribution in [0.2, 0.25) is 0 Å². The van der Waals surface area contributed by atoms with Gasteiger partial charge < -0.3 is 15.0 Å². The fraction of sp³-hybridized carbons (Fsp3) is 0.0952. The molecule has 0 aliphatic rings. The van der Waals surface area contributed by atoms with E-state index in [0.29, 0.717) is 0 Å². The second-order valence-electron chi connectivity index (χ2n) is 17.1. The van der Waals surface area contributed by atoms with Gasteiger partial charge in [0, 0.05) is 24.2 Å². The Morgan fingerprint density at radius 1 is 0.382 bits per heavy atom. The van der Waals surface area contributed by atoms with Crippen molar-refractivity contribution in [2.24, 2.45) is 0 Å². The van der Waals surface area contributed by atoms with E-state index < -0.39 is 0 Å². The van der Waals surface area contributed by atoms with Crippen LogP contribution >= 0.6 is 0 Å². The van der Waals surface area contributed by atoms with E-state index in [2.05, 4.69) is 117 Å². The summed E-state index contributed by atoms with van der Waals surface area (Å²) in [5.41, 5.74) is 20.6. The molecule has 0 atom stereocenters. The molecule has 3 heterocycles. The summed E-state index contributed by atoms with van der Waals surface area (Å²) in [5.74, 6) is -0.294. The van der Waals surface area contributed by atoms with Crippen LogP contribution in [0.3, 0.4) is 0 Å². The van der Waals surface area contributed by atoms with Gasteiger partial charge in [-0.25, -0.2) is 4.39 Å². The Bertz CT molecular complexity index is 3190. The van der Waals surface area contributed by atoms with E-state index in [-0.39, 0.29) is 25.9 Å². The van der Waals surface area contributed by atoms with Gasteiger partial charge in [0.15, 0.2) is 0 Å². The van der Waals surface area contributed by atoms with Crippen molar-refractivity contribution in [1.29, 1.82) is 0 Å². The molecule has 7 aromatic carbocycles. The Morgan fingerprint density at radius 3 is 1.37 bits per heavy atom. The van der Waals surface area contributed by atoms with Crippen LogP contribution in [0.25, 0.3) is 78.3 Å². The van der Waals surface area contributed by atoms with Crippen LogP contribution < -0.4 is 0 Å². The van der Waals surface area contributed by atoms with Crippen LogP contribution in [-0.4, -0.2) is 15.0 Å². The SMILES string of the molecule is Cc1cc(-c2[c-]cccc2)ncc1CCc1cc(CCc2cnc(-c3[c-]cccc3)cc2C)cc(-c2cc(F)ccc2-c2cnc(-c3[c-]cccc3)cc2-c2ccc(-c3ccccc3)cc2)c1.[Ir+3]. The van der Waals surface area contributed by atoms with Gasteiger partial charge in [0.1, 0.15) is 5.82 Å². The van der Waals surface area contributed by atoms with Gasteiger partial charge >= 0.3 is 20.1 Å². The molecule has 0 radical (unpaired) electrons. The summed E-state index contributed by atoms with van der Waals surface area (Å²) < 4.78 is 15.8. The molecule has 0 unspecified atom stereocenters. The van der Waals surface area contributed by atoms with Crippen molar-refractivity contribution in [3.05, 3.63) is 258 Å². The second-order valence-corrected chi connectivity index (χ2v) is 17.1. The molecule has 0 fully saturated rings. The van der Waals surface area contributed by atoms with Crippen LogP contribution in [0.4, 0.5) is 4.39 Å². The van der Waals surface area contributed by atoms with Gasteiger partial charge in [0.25, 0.3) is 0 Å². The van der Waals surface area contributed by atoms with Crippen molar-refractivity contribution in [2.45, 2.75) is 39.5 Å². The number of hydrogen-bond donors (Lipinski definition) is 0. The van der Waals surface area contributed by atoms with Crippen LogP contribution in [0.5, 0.6) is 0 Å². The Morgan fingerprint density at radius 2 is 0.853 bits per heavy atom. The van der Waals surface area contributed by atoms with Gasteiger partial charge in [-0.15, -0.1) is 108 Å². The zero-order valence-electron chi connectivity index (χ0n) is 37.9. The zero-order valence-corrected chi connectivity index (χ0v) is 40.3. The van der Waals surface area contributed by atoms with Gasteiger partial charge in [-0.1, -0.05) is 108 Å². The van der Waals surface area contributed by atoms with Gasteiger partial charge in [-0.2, -0.15) is 0 Å². The summed E-state index contributed by atoms with van der Waals surface area (Å²) in [4.78, 5) is 14.7. The van der Waals surface area contributed by atoms with E-state index >= 15 is 4.39 Å². The summed E-state index contributed by atoms with van der Waals surface area (Å²) in [5, 5.41) is 0. The number of halogens is 1. The third-order valence-corrected chi connectivity index (χ3v) is 12.6. The fourth-order valence-electron chi connectivity index (χ4n) is 8.93. The summed E-state index contributed by atoms with van der Waals surface area (Å²) in [6, 6.07) is 71.3. The van der Waals surface area contributed by atoms with Crippen molar-refractivity contribution in [3.8, 4) is 78.3 Å². The summed E-state index contributed by atoms with van der Waals surface area (Å²) in [6.45, 7) is 4.31. The van der Waals surface area contributed by atoms with Gasteiger partial charge in [0.2, 0.25) is 0 Å². The maximum atomic E-state index is 15.8. The zero-order chi connectivity index (χ0) is 45.5. The Hall–Kier alpha value is -7.43. The van der Waals surface area contributed by atoms with Crippen molar-refractivity contribution in [3.63, 3.8) is 0 Å². The largest absolute Gasteiger partial charge is 3.00 e. The monoisotopic (exact) mass is 1060 g/mol. The number of pyridine rings is 3. The van der Waals surface area contributed by atoms with E-state index in [1.807, 2.05) is 104 Å². The molecule has 0 saturated heterocycles.